The van der Waals surface area contributed by atoms with Gasteiger partial charge >= 0.3 is 0 Å². The highest BCUT2D eigenvalue weighted by Gasteiger charge is 2.05. The zero-order valence-electron chi connectivity index (χ0n) is 11.5. The lowest BCUT2D eigenvalue weighted by atomic mass is 10.2. The van der Waals surface area contributed by atoms with Crippen molar-refractivity contribution in [2.45, 2.75) is 6.92 Å². The summed E-state index contributed by atoms with van der Waals surface area (Å²) in [5.74, 6) is 2.33. The summed E-state index contributed by atoms with van der Waals surface area (Å²) in [5, 5.41) is 9.57. The molecular weight excluding hydrogens is 266 g/mol. The Labute approximate surface area is 122 Å². The first-order valence-electron chi connectivity index (χ1n) is 6.49. The summed E-state index contributed by atoms with van der Waals surface area (Å²) in [4.78, 5) is 3.99. The maximum absolute atomic E-state index is 5.83. The van der Waals surface area contributed by atoms with Gasteiger partial charge in [0.15, 0.2) is 0 Å². The van der Waals surface area contributed by atoms with Crippen molar-refractivity contribution in [1.29, 1.82) is 0 Å². The average Bonchev–Trinajstić information content (AvgIpc) is 2.88. The van der Waals surface area contributed by atoms with E-state index in [1.54, 1.807) is 0 Å². The molecule has 1 aromatic heterocycles. The molecule has 1 heterocycles. The third kappa shape index (κ3) is 3.11. The van der Waals surface area contributed by atoms with Crippen LogP contribution in [0.4, 0.5) is 17.6 Å². The largest absolute Gasteiger partial charge is 0.457 e. The summed E-state index contributed by atoms with van der Waals surface area (Å²) in [6.07, 6.45) is 0. The van der Waals surface area contributed by atoms with Crippen molar-refractivity contribution in [3.8, 4) is 11.5 Å². The summed E-state index contributed by atoms with van der Waals surface area (Å²) in [6.45, 7) is 1.98. The molecular formula is C15H15N5O. The quantitative estimate of drug-likeness (QED) is 0.683. The molecule has 0 saturated heterocycles. The Balaban J connectivity index is 1.76. The first-order valence-corrected chi connectivity index (χ1v) is 6.49. The number of nitrogens with two attached hydrogens (primary N) is 1. The van der Waals surface area contributed by atoms with Crippen molar-refractivity contribution in [2.75, 3.05) is 11.1 Å². The molecule has 2 aromatic carbocycles. The van der Waals surface area contributed by atoms with Gasteiger partial charge in [-0.1, -0.05) is 18.2 Å². The number of rotatable bonds is 4. The van der Waals surface area contributed by atoms with E-state index in [0.717, 1.165) is 22.7 Å². The predicted molar refractivity (Wildman–Crippen MR) is 81.8 cm³/mol. The summed E-state index contributed by atoms with van der Waals surface area (Å²) >= 11 is 0. The molecule has 0 aliphatic rings. The van der Waals surface area contributed by atoms with Crippen LogP contribution in [-0.4, -0.2) is 15.2 Å². The Kier molecular flexibility index (Phi) is 3.42. The number of nitrogens with one attached hydrogen (secondary N) is 2. The molecule has 6 nitrogen and oxygen atoms in total. The second kappa shape index (κ2) is 5.54. The lowest BCUT2D eigenvalue weighted by molar-refractivity contribution is 0.479. The molecule has 0 fully saturated rings. The van der Waals surface area contributed by atoms with Crippen molar-refractivity contribution in [3.05, 3.63) is 54.1 Å². The second-order valence-corrected chi connectivity index (χ2v) is 4.56. The van der Waals surface area contributed by atoms with E-state index in [-0.39, 0.29) is 5.95 Å². The number of para-hydroxylation sites is 1. The number of aromatic amines is 1. The van der Waals surface area contributed by atoms with Crippen LogP contribution in [0.2, 0.25) is 0 Å². The Hall–Kier alpha value is -3.02. The Morgan fingerprint density at radius 3 is 2.62 bits per heavy atom. The van der Waals surface area contributed by atoms with E-state index >= 15 is 0 Å². The molecule has 3 rings (SSSR count). The van der Waals surface area contributed by atoms with E-state index in [4.69, 9.17) is 10.5 Å². The number of benzene rings is 2. The van der Waals surface area contributed by atoms with E-state index in [9.17, 15) is 0 Å². The molecule has 4 N–H and O–H groups in total. The van der Waals surface area contributed by atoms with E-state index < -0.39 is 0 Å². The van der Waals surface area contributed by atoms with Gasteiger partial charge in [0.05, 0.1) is 0 Å². The summed E-state index contributed by atoms with van der Waals surface area (Å²) < 4.78 is 5.83. The van der Waals surface area contributed by atoms with E-state index in [0.29, 0.717) is 5.95 Å². The lowest BCUT2D eigenvalue weighted by Crippen LogP contribution is -1.94. The lowest BCUT2D eigenvalue weighted by Gasteiger charge is -2.10. The fourth-order valence-electron chi connectivity index (χ4n) is 1.92. The van der Waals surface area contributed by atoms with Gasteiger partial charge in [-0.2, -0.15) is 4.98 Å². The molecule has 21 heavy (non-hydrogen) atoms. The standard InChI is InChI=1S/C15H15N5O/c1-10-9-11(17-15-18-14(16)19-20-15)7-8-13(10)21-12-5-3-2-4-6-12/h2-9H,1H3,(H4,16,17,18,19,20). The van der Waals surface area contributed by atoms with Gasteiger partial charge in [0.25, 0.3) is 0 Å². The van der Waals surface area contributed by atoms with Gasteiger partial charge in [0.2, 0.25) is 11.9 Å². The van der Waals surface area contributed by atoms with Crippen LogP contribution in [0, 0.1) is 6.92 Å². The topological polar surface area (TPSA) is 88.9 Å². The predicted octanol–water partition coefficient (Wildman–Crippen LogP) is 3.23. The highest BCUT2D eigenvalue weighted by atomic mass is 16.5. The molecule has 0 bridgehead atoms. The molecule has 0 saturated carbocycles. The van der Waals surface area contributed by atoms with Crippen LogP contribution in [0.1, 0.15) is 5.56 Å². The first kappa shape index (κ1) is 13.0. The van der Waals surface area contributed by atoms with Crippen LogP contribution >= 0.6 is 0 Å². The van der Waals surface area contributed by atoms with Crippen molar-refractivity contribution >= 4 is 17.6 Å². The minimum atomic E-state index is 0.276. The van der Waals surface area contributed by atoms with Crippen molar-refractivity contribution in [3.63, 3.8) is 0 Å². The number of hydrogen-bond acceptors (Lipinski definition) is 5. The van der Waals surface area contributed by atoms with Crippen LogP contribution in [0.25, 0.3) is 0 Å². The highest BCUT2D eigenvalue weighted by molar-refractivity contribution is 5.57. The van der Waals surface area contributed by atoms with Gasteiger partial charge in [-0.05, 0) is 42.8 Å². The fourth-order valence-corrected chi connectivity index (χ4v) is 1.92. The highest BCUT2D eigenvalue weighted by Crippen LogP contribution is 2.27. The van der Waals surface area contributed by atoms with E-state index in [1.165, 1.54) is 0 Å². The van der Waals surface area contributed by atoms with Crippen molar-refractivity contribution < 1.29 is 4.74 Å². The fraction of sp³-hybridized carbons (Fsp3) is 0.0667. The summed E-state index contributed by atoms with van der Waals surface area (Å²) in [5.41, 5.74) is 7.36. The molecule has 106 valence electrons. The van der Waals surface area contributed by atoms with Gasteiger partial charge in [0, 0.05) is 5.69 Å². The smallest absolute Gasteiger partial charge is 0.248 e. The van der Waals surface area contributed by atoms with Gasteiger partial charge in [-0.25, -0.2) is 5.10 Å². The van der Waals surface area contributed by atoms with E-state index in [2.05, 4.69) is 20.5 Å². The molecule has 0 aliphatic heterocycles. The third-order valence-corrected chi connectivity index (χ3v) is 2.90. The molecule has 0 spiro atoms. The molecule has 0 aliphatic carbocycles. The van der Waals surface area contributed by atoms with Crippen LogP contribution in [0.5, 0.6) is 11.5 Å². The number of hydrogen-bond donors (Lipinski definition) is 3. The van der Waals surface area contributed by atoms with Crippen LogP contribution < -0.4 is 15.8 Å². The third-order valence-electron chi connectivity index (χ3n) is 2.90. The number of H-pyrrole nitrogens is 1. The van der Waals surface area contributed by atoms with Crippen molar-refractivity contribution in [2.24, 2.45) is 0 Å². The Morgan fingerprint density at radius 1 is 1.14 bits per heavy atom. The maximum atomic E-state index is 5.83. The maximum Gasteiger partial charge on any atom is 0.248 e. The number of nitrogens with zero attached hydrogens (tertiary/aromatic N) is 2. The van der Waals surface area contributed by atoms with Gasteiger partial charge in [0.1, 0.15) is 11.5 Å². The number of nitrogen functional groups attached to an aromatic ring is 1. The van der Waals surface area contributed by atoms with Crippen molar-refractivity contribution in [1.82, 2.24) is 15.2 Å². The van der Waals surface area contributed by atoms with Crippen LogP contribution in [0.3, 0.4) is 0 Å². The molecule has 0 amide bonds. The molecule has 0 unspecified atom stereocenters. The number of ether oxygens (including phenoxy) is 1. The SMILES string of the molecule is Cc1cc(Nc2n[nH]c(N)n2)ccc1Oc1ccccc1. The van der Waals surface area contributed by atoms with Gasteiger partial charge in [-0.3, -0.25) is 0 Å². The molecule has 0 atom stereocenters. The minimum absolute atomic E-state index is 0.276. The average molecular weight is 281 g/mol. The molecule has 3 aromatic rings. The minimum Gasteiger partial charge on any atom is -0.457 e. The zero-order chi connectivity index (χ0) is 14.7. The second-order valence-electron chi connectivity index (χ2n) is 4.56. The van der Waals surface area contributed by atoms with E-state index in [1.807, 2.05) is 55.5 Å². The number of aryl methyl sites for hydroxylation is 1. The summed E-state index contributed by atoms with van der Waals surface area (Å²) in [7, 11) is 0. The molecule has 6 heteroatoms. The Morgan fingerprint density at radius 2 is 1.95 bits per heavy atom. The number of aromatic nitrogens is 3. The normalized spacial score (nSPS) is 10.3. The number of anilines is 3. The monoisotopic (exact) mass is 281 g/mol. The first-order chi connectivity index (χ1) is 10.2. The Bertz CT molecular complexity index is 739. The van der Waals surface area contributed by atoms with Gasteiger partial charge in [-0.15, -0.1) is 5.10 Å². The summed E-state index contributed by atoms with van der Waals surface area (Å²) in [6, 6.07) is 15.4. The zero-order valence-corrected chi connectivity index (χ0v) is 11.5. The van der Waals surface area contributed by atoms with Crippen LogP contribution in [0.15, 0.2) is 48.5 Å². The molecule has 0 radical (unpaired) electrons. The van der Waals surface area contributed by atoms with Crippen LogP contribution in [-0.2, 0) is 0 Å². The van der Waals surface area contributed by atoms with Gasteiger partial charge < -0.3 is 15.8 Å².